The Kier molecular flexibility index (Phi) is 5.99. The molecule has 1 fully saturated rings. The molecule has 1 aliphatic rings. The molecule has 0 saturated carbocycles. The Bertz CT molecular complexity index is 1560. The Hall–Kier alpha value is -4.38. The summed E-state index contributed by atoms with van der Waals surface area (Å²) in [6.07, 6.45) is 11.0. The highest BCUT2D eigenvalue weighted by Gasteiger charge is 2.30. The monoisotopic (exact) mass is 513 g/mol. The number of ether oxygens (including phenoxy) is 1. The number of benzene rings is 1. The number of aromatic nitrogens is 7. The summed E-state index contributed by atoms with van der Waals surface area (Å²) < 4.78 is 22.9. The van der Waals surface area contributed by atoms with Crippen molar-refractivity contribution in [3.05, 3.63) is 84.6 Å². The minimum atomic E-state index is -0.783. The van der Waals surface area contributed by atoms with Gasteiger partial charge in [0.2, 0.25) is 5.95 Å². The molecule has 0 unspecified atom stereocenters. The van der Waals surface area contributed by atoms with Gasteiger partial charge in [-0.25, -0.2) is 23.9 Å². The molecule has 5 heterocycles. The Morgan fingerprint density at radius 1 is 0.842 bits per heavy atom. The van der Waals surface area contributed by atoms with E-state index in [-0.39, 0.29) is 5.82 Å². The quantitative estimate of drug-likeness (QED) is 0.342. The number of piperazine rings is 1. The standard InChI is InChI=1S/C27H28FN9O/c1-27(38-3,21-4-6-23(28)7-5-21)22-14-29-26(30-15-22)36-10-8-35(9-11-36)25-24-12-19(17-37(24)33-18-31-25)20-13-32-34(2)16-20/h4-7,12-18H,8-11H2,1-3H3/t27-/m0/s1. The molecule has 0 aliphatic carbocycles. The first kappa shape index (κ1) is 24.0. The van der Waals surface area contributed by atoms with E-state index in [4.69, 9.17) is 4.74 Å². The Balaban J connectivity index is 1.17. The molecule has 5 aromatic rings. The maximum Gasteiger partial charge on any atom is 0.225 e. The van der Waals surface area contributed by atoms with Gasteiger partial charge < -0.3 is 14.5 Å². The van der Waals surface area contributed by atoms with Crippen molar-refractivity contribution in [2.45, 2.75) is 12.5 Å². The second-order valence-electron chi connectivity index (χ2n) is 9.54. The van der Waals surface area contributed by atoms with E-state index in [1.165, 1.54) is 12.1 Å². The summed E-state index contributed by atoms with van der Waals surface area (Å²) in [5.41, 5.74) is 3.90. The average molecular weight is 514 g/mol. The summed E-state index contributed by atoms with van der Waals surface area (Å²) in [6.45, 7) is 4.99. The number of rotatable bonds is 6. The molecule has 0 bridgehead atoms. The molecule has 4 aromatic heterocycles. The molecule has 38 heavy (non-hydrogen) atoms. The van der Waals surface area contributed by atoms with Gasteiger partial charge in [0.25, 0.3) is 0 Å². The molecule has 10 nitrogen and oxygen atoms in total. The van der Waals surface area contributed by atoms with E-state index >= 15 is 0 Å². The lowest BCUT2D eigenvalue weighted by atomic mass is 9.90. The fourth-order valence-electron chi connectivity index (χ4n) is 4.91. The lowest BCUT2D eigenvalue weighted by Crippen LogP contribution is -2.47. The van der Waals surface area contributed by atoms with Crippen LogP contribution in [0.15, 0.2) is 67.6 Å². The maximum atomic E-state index is 13.4. The number of halogens is 1. The van der Waals surface area contributed by atoms with E-state index in [0.717, 1.165) is 59.8 Å². The summed E-state index contributed by atoms with van der Waals surface area (Å²) in [6, 6.07) is 8.41. The first-order chi connectivity index (χ1) is 18.4. The molecule has 11 heteroatoms. The van der Waals surface area contributed by atoms with E-state index in [2.05, 4.69) is 41.0 Å². The van der Waals surface area contributed by atoms with Gasteiger partial charge in [-0.2, -0.15) is 10.2 Å². The van der Waals surface area contributed by atoms with Crippen LogP contribution in [0.5, 0.6) is 0 Å². The molecule has 0 spiro atoms. The van der Waals surface area contributed by atoms with Crippen LogP contribution in [0, 0.1) is 5.82 Å². The summed E-state index contributed by atoms with van der Waals surface area (Å²) in [4.78, 5) is 18.3. The van der Waals surface area contributed by atoms with Crippen LogP contribution in [0.2, 0.25) is 0 Å². The highest BCUT2D eigenvalue weighted by molar-refractivity contribution is 5.77. The van der Waals surface area contributed by atoms with Crippen LogP contribution in [0.3, 0.4) is 0 Å². The fourth-order valence-corrected chi connectivity index (χ4v) is 4.91. The van der Waals surface area contributed by atoms with Crippen molar-refractivity contribution in [1.82, 2.24) is 34.3 Å². The highest BCUT2D eigenvalue weighted by Crippen LogP contribution is 2.33. The molecule has 0 amide bonds. The number of nitrogens with zero attached hydrogens (tertiary/aromatic N) is 9. The molecule has 0 N–H and O–H groups in total. The predicted octanol–water partition coefficient (Wildman–Crippen LogP) is 3.30. The summed E-state index contributed by atoms with van der Waals surface area (Å²) >= 11 is 0. The topological polar surface area (TPSA) is 89.5 Å². The van der Waals surface area contributed by atoms with Crippen molar-refractivity contribution in [3.8, 4) is 11.1 Å². The molecule has 1 saturated heterocycles. The van der Waals surface area contributed by atoms with Crippen molar-refractivity contribution in [1.29, 1.82) is 0 Å². The summed E-state index contributed by atoms with van der Waals surface area (Å²) in [5, 5.41) is 8.68. The largest absolute Gasteiger partial charge is 0.369 e. The van der Waals surface area contributed by atoms with Crippen molar-refractivity contribution in [2.24, 2.45) is 7.05 Å². The second kappa shape index (κ2) is 9.49. The zero-order chi connectivity index (χ0) is 26.3. The van der Waals surface area contributed by atoms with E-state index in [9.17, 15) is 4.39 Å². The van der Waals surface area contributed by atoms with E-state index < -0.39 is 5.60 Å². The van der Waals surface area contributed by atoms with Crippen molar-refractivity contribution >= 4 is 17.3 Å². The lowest BCUT2D eigenvalue weighted by Gasteiger charge is -2.35. The number of hydrogen-bond acceptors (Lipinski definition) is 8. The van der Waals surface area contributed by atoms with Crippen LogP contribution < -0.4 is 9.80 Å². The predicted molar refractivity (Wildman–Crippen MR) is 142 cm³/mol. The smallest absolute Gasteiger partial charge is 0.225 e. The van der Waals surface area contributed by atoms with Crippen LogP contribution in [-0.2, 0) is 17.4 Å². The molecular formula is C27H28FN9O. The Labute approximate surface area is 219 Å². The molecule has 6 rings (SSSR count). The van der Waals surface area contributed by atoms with Crippen LogP contribution in [0.4, 0.5) is 16.2 Å². The summed E-state index contributed by atoms with van der Waals surface area (Å²) in [5.74, 6) is 1.29. The number of hydrogen-bond donors (Lipinski definition) is 0. The van der Waals surface area contributed by atoms with E-state index in [1.807, 2.05) is 37.1 Å². The third kappa shape index (κ3) is 4.24. The molecule has 1 atom stereocenters. The van der Waals surface area contributed by atoms with Gasteiger partial charge in [0.05, 0.1) is 6.20 Å². The van der Waals surface area contributed by atoms with Gasteiger partial charge in [-0.3, -0.25) is 4.68 Å². The zero-order valence-electron chi connectivity index (χ0n) is 21.5. The van der Waals surface area contributed by atoms with Gasteiger partial charge in [-0.15, -0.1) is 0 Å². The number of fused-ring (bicyclic) bond motifs is 1. The molecule has 0 radical (unpaired) electrons. The second-order valence-corrected chi connectivity index (χ2v) is 9.54. The Morgan fingerprint density at radius 2 is 1.55 bits per heavy atom. The lowest BCUT2D eigenvalue weighted by molar-refractivity contribution is 0.0384. The number of anilines is 2. The zero-order valence-corrected chi connectivity index (χ0v) is 21.5. The van der Waals surface area contributed by atoms with Crippen LogP contribution in [0.1, 0.15) is 18.1 Å². The van der Waals surface area contributed by atoms with Crippen LogP contribution in [0.25, 0.3) is 16.6 Å². The molecule has 194 valence electrons. The van der Waals surface area contributed by atoms with Gasteiger partial charge in [-0.1, -0.05) is 12.1 Å². The summed E-state index contributed by atoms with van der Waals surface area (Å²) in [7, 11) is 3.54. The van der Waals surface area contributed by atoms with Gasteiger partial charge in [0.15, 0.2) is 5.82 Å². The number of methoxy groups -OCH3 is 1. The van der Waals surface area contributed by atoms with Gasteiger partial charge >= 0.3 is 0 Å². The first-order valence-corrected chi connectivity index (χ1v) is 12.4. The maximum absolute atomic E-state index is 13.4. The van der Waals surface area contributed by atoms with Gasteiger partial charge in [0, 0.05) is 81.8 Å². The molecular weight excluding hydrogens is 485 g/mol. The normalized spacial score (nSPS) is 15.7. The van der Waals surface area contributed by atoms with Crippen molar-refractivity contribution < 1.29 is 9.13 Å². The van der Waals surface area contributed by atoms with Crippen LogP contribution >= 0.6 is 0 Å². The molecule has 1 aliphatic heterocycles. The first-order valence-electron chi connectivity index (χ1n) is 12.4. The fraction of sp³-hybridized carbons (Fsp3) is 0.296. The van der Waals surface area contributed by atoms with Crippen molar-refractivity contribution in [2.75, 3.05) is 43.1 Å². The SMILES string of the molecule is CO[C@@](C)(c1ccc(F)cc1)c1cnc(N2CCN(c3ncnn4cc(-c5cnn(C)c5)cc34)CC2)nc1. The molecule has 1 aromatic carbocycles. The van der Waals surface area contributed by atoms with E-state index in [1.54, 1.807) is 42.6 Å². The minimum Gasteiger partial charge on any atom is -0.369 e. The van der Waals surface area contributed by atoms with E-state index in [0.29, 0.717) is 5.95 Å². The average Bonchev–Trinajstić information content (AvgIpc) is 3.59. The van der Waals surface area contributed by atoms with Crippen molar-refractivity contribution in [3.63, 3.8) is 0 Å². The Morgan fingerprint density at radius 3 is 2.21 bits per heavy atom. The third-order valence-electron chi connectivity index (χ3n) is 7.28. The van der Waals surface area contributed by atoms with Gasteiger partial charge in [-0.05, 0) is 30.7 Å². The highest BCUT2D eigenvalue weighted by atomic mass is 19.1. The van der Waals surface area contributed by atoms with Crippen LogP contribution in [-0.4, -0.2) is 67.6 Å². The minimum absolute atomic E-state index is 0.286. The van der Waals surface area contributed by atoms with Gasteiger partial charge in [0.1, 0.15) is 23.3 Å². The third-order valence-corrected chi connectivity index (χ3v) is 7.28. The number of aryl methyl sites for hydroxylation is 1.